The molecule has 1 heterocycles. The molecule has 0 saturated carbocycles. The zero-order chi connectivity index (χ0) is 9.84. The van der Waals surface area contributed by atoms with Gasteiger partial charge in [-0.2, -0.15) is 0 Å². The number of thiophene rings is 1. The van der Waals surface area contributed by atoms with Crippen molar-refractivity contribution in [3.8, 4) is 0 Å². The molecule has 0 radical (unpaired) electrons. The van der Waals surface area contributed by atoms with Crippen LogP contribution in [0.2, 0.25) is 0 Å². The van der Waals surface area contributed by atoms with Crippen LogP contribution in [0.25, 0.3) is 0 Å². The van der Waals surface area contributed by atoms with E-state index >= 15 is 0 Å². The monoisotopic (exact) mass is 330 g/mol. The molecule has 2 nitrogen and oxygen atoms in total. The summed E-state index contributed by atoms with van der Waals surface area (Å²) in [5, 5.41) is 0. The van der Waals surface area contributed by atoms with Crippen LogP contribution in [0.5, 0.6) is 0 Å². The molecule has 1 aromatic heterocycles. The Balaban J connectivity index is 2.70. The molecule has 0 bridgehead atoms. The topological polar surface area (TPSA) is 26.3 Å². The highest BCUT2D eigenvalue weighted by Crippen LogP contribution is 2.32. The first kappa shape index (κ1) is 11.1. The van der Waals surface area contributed by atoms with Gasteiger partial charge in [0, 0.05) is 0 Å². The van der Waals surface area contributed by atoms with Crippen molar-refractivity contribution >= 4 is 49.2 Å². The fourth-order valence-electron chi connectivity index (χ4n) is 0.688. The van der Waals surface area contributed by atoms with Gasteiger partial charge in [0.1, 0.15) is 13.3 Å². The Hall–Kier alpha value is 0.0600. The van der Waals surface area contributed by atoms with Gasteiger partial charge in [-0.1, -0.05) is 0 Å². The molecule has 0 atom stereocenters. The summed E-state index contributed by atoms with van der Waals surface area (Å²) in [6, 6.07) is 1.63. The largest absolute Gasteiger partial charge is 0.459 e. The quantitative estimate of drug-likeness (QED) is 0.793. The fourth-order valence-corrected chi connectivity index (χ4v) is 3.45. The van der Waals surface area contributed by atoms with Crippen molar-refractivity contribution in [1.82, 2.24) is 0 Å². The van der Waals surface area contributed by atoms with Crippen LogP contribution < -0.4 is 0 Å². The number of ether oxygens (including phenoxy) is 1. The molecule has 0 aromatic carbocycles. The van der Waals surface area contributed by atoms with Crippen molar-refractivity contribution in [3.05, 3.63) is 19.2 Å². The Labute approximate surface area is 95.3 Å². The molecular formula is C7H5Br2FO2S. The maximum absolute atomic E-state index is 11.7. The molecule has 1 rings (SSSR count). The van der Waals surface area contributed by atoms with Gasteiger partial charge in [-0.05, 0) is 37.9 Å². The van der Waals surface area contributed by atoms with E-state index in [9.17, 15) is 9.18 Å². The van der Waals surface area contributed by atoms with E-state index in [1.165, 1.54) is 11.3 Å². The van der Waals surface area contributed by atoms with Gasteiger partial charge < -0.3 is 4.74 Å². The van der Waals surface area contributed by atoms with Gasteiger partial charge in [-0.3, -0.25) is 0 Å². The Morgan fingerprint density at radius 3 is 2.77 bits per heavy atom. The van der Waals surface area contributed by atoms with E-state index in [4.69, 9.17) is 0 Å². The maximum atomic E-state index is 11.7. The van der Waals surface area contributed by atoms with E-state index in [-0.39, 0.29) is 6.61 Å². The SMILES string of the molecule is O=C(OCCF)c1cc(Br)sc1Br. The number of hydrogen-bond donors (Lipinski definition) is 0. The molecule has 13 heavy (non-hydrogen) atoms. The van der Waals surface area contributed by atoms with Gasteiger partial charge >= 0.3 is 5.97 Å². The van der Waals surface area contributed by atoms with Crippen molar-refractivity contribution < 1.29 is 13.9 Å². The van der Waals surface area contributed by atoms with Crippen LogP contribution in [-0.4, -0.2) is 19.3 Å². The lowest BCUT2D eigenvalue weighted by Crippen LogP contribution is -2.06. The number of halogens is 3. The standard InChI is InChI=1S/C7H5Br2FO2S/c8-5-3-4(6(9)13-5)7(11)12-2-1-10/h3H,1-2H2. The molecule has 72 valence electrons. The molecule has 0 aliphatic carbocycles. The molecule has 0 N–H and O–H groups in total. The number of alkyl halides is 1. The minimum absolute atomic E-state index is 0.196. The van der Waals surface area contributed by atoms with Crippen molar-refractivity contribution in [2.75, 3.05) is 13.3 Å². The number of rotatable bonds is 3. The summed E-state index contributed by atoms with van der Waals surface area (Å²) in [5.74, 6) is -0.508. The highest BCUT2D eigenvalue weighted by Gasteiger charge is 2.14. The first-order valence-electron chi connectivity index (χ1n) is 3.33. The lowest BCUT2D eigenvalue weighted by molar-refractivity contribution is 0.0481. The average Bonchev–Trinajstić information content (AvgIpc) is 2.41. The summed E-state index contributed by atoms with van der Waals surface area (Å²) >= 11 is 7.80. The van der Waals surface area contributed by atoms with Crippen LogP contribution in [0.15, 0.2) is 13.6 Å². The third-order valence-corrected chi connectivity index (χ3v) is 3.53. The van der Waals surface area contributed by atoms with Crippen molar-refractivity contribution in [2.24, 2.45) is 0 Å². The van der Waals surface area contributed by atoms with E-state index in [1.807, 2.05) is 0 Å². The molecule has 0 aliphatic heterocycles. The summed E-state index contributed by atoms with van der Waals surface area (Å²) < 4.78 is 17.8. The lowest BCUT2D eigenvalue weighted by Gasteiger charge is -1.99. The third kappa shape index (κ3) is 3.03. The van der Waals surface area contributed by atoms with Crippen molar-refractivity contribution in [2.45, 2.75) is 0 Å². The van der Waals surface area contributed by atoms with Crippen molar-refractivity contribution in [3.63, 3.8) is 0 Å². The van der Waals surface area contributed by atoms with Crippen LogP contribution in [0.3, 0.4) is 0 Å². The van der Waals surface area contributed by atoms with Crippen LogP contribution in [0.4, 0.5) is 4.39 Å². The predicted octanol–water partition coefficient (Wildman–Crippen LogP) is 3.40. The third-order valence-electron chi connectivity index (χ3n) is 1.19. The molecule has 6 heteroatoms. The van der Waals surface area contributed by atoms with Gasteiger partial charge in [-0.25, -0.2) is 9.18 Å². The number of esters is 1. The molecule has 0 unspecified atom stereocenters. The normalized spacial score (nSPS) is 10.1. The summed E-state index contributed by atoms with van der Waals surface area (Å²) in [6.07, 6.45) is 0. The van der Waals surface area contributed by atoms with Gasteiger partial charge in [0.25, 0.3) is 0 Å². The highest BCUT2D eigenvalue weighted by atomic mass is 79.9. The van der Waals surface area contributed by atoms with Crippen LogP contribution in [0.1, 0.15) is 10.4 Å². The molecule has 0 spiro atoms. The first-order valence-corrected chi connectivity index (χ1v) is 5.73. The molecule has 0 fully saturated rings. The number of hydrogen-bond acceptors (Lipinski definition) is 3. The molecular weight excluding hydrogens is 327 g/mol. The van der Waals surface area contributed by atoms with E-state index in [2.05, 4.69) is 36.6 Å². The smallest absolute Gasteiger partial charge is 0.340 e. The number of carbonyl (C=O) groups excluding carboxylic acids is 1. The van der Waals surface area contributed by atoms with E-state index in [1.54, 1.807) is 6.07 Å². The molecule has 0 aliphatic rings. The highest BCUT2D eigenvalue weighted by molar-refractivity contribution is 9.12. The van der Waals surface area contributed by atoms with Crippen LogP contribution in [0, 0.1) is 0 Å². The molecule has 0 saturated heterocycles. The van der Waals surface area contributed by atoms with E-state index < -0.39 is 12.6 Å². The second-order valence-corrected chi connectivity index (χ2v) is 5.81. The minimum atomic E-state index is -0.658. The van der Waals surface area contributed by atoms with Crippen LogP contribution >= 0.6 is 43.2 Å². The van der Waals surface area contributed by atoms with E-state index in [0.717, 1.165) is 3.79 Å². The Kier molecular flexibility index (Phi) is 4.34. The van der Waals surface area contributed by atoms with Crippen LogP contribution in [-0.2, 0) is 4.74 Å². The summed E-state index contributed by atoms with van der Waals surface area (Å²) in [4.78, 5) is 11.2. The summed E-state index contributed by atoms with van der Waals surface area (Å²) in [5.41, 5.74) is 0.422. The fraction of sp³-hybridized carbons (Fsp3) is 0.286. The number of carbonyl (C=O) groups is 1. The van der Waals surface area contributed by atoms with Crippen molar-refractivity contribution in [1.29, 1.82) is 0 Å². The Bertz CT molecular complexity index is 313. The second kappa shape index (κ2) is 5.07. The minimum Gasteiger partial charge on any atom is -0.459 e. The van der Waals surface area contributed by atoms with E-state index in [0.29, 0.717) is 9.35 Å². The average molecular weight is 332 g/mol. The van der Waals surface area contributed by atoms with Gasteiger partial charge in [-0.15, -0.1) is 11.3 Å². The lowest BCUT2D eigenvalue weighted by atomic mass is 10.3. The molecule has 1 aromatic rings. The maximum Gasteiger partial charge on any atom is 0.340 e. The van der Waals surface area contributed by atoms with Gasteiger partial charge in [0.05, 0.1) is 13.1 Å². The van der Waals surface area contributed by atoms with Gasteiger partial charge in [0.2, 0.25) is 0 Å². The molecule has 0 amide bonds. The predicted molar refractivity (Wildman–Crippen MR) is 56.0 cm³/mol. The zero-order valence-electron chi connectivity index (χ0n) is 6.35. The Morgan fingerprint density at radius 1 is 1.62 bits per heavy atom. The first-order chi connectivity index (χ1) is 6.15. The summed E-state index contributed by atoms with van der Waals surface area (Å²) in [6.45, 7) is -0.854. The summed E-state index contributed by atoms with van der Waals surface area (Å²) in [7, 11) is 0. The Morgan fingerprint density at radius 2 is 2.31 bits per heavy atom. The second-order valence-electron chi connectivity index (χ2n) is 2.06. The zero-order valence-corrected chi connectivity index (χ0v) is 10.3. The van der Waals surface area contributed by atoms with Gasteiger partial charge in [0.15, 0.2) is 0 Å².